The summed E-state index contributed by atoms with van der Waals surface area (Å²) in [6, 6.07) is 2.54. The van der Waals surface area contributed by atoms with E-state index < -0.39 is 0 Å². The highest BCUT2D eigenvalue weighted by atomic mass is 19.1. The first kappa shape index (κ1) is 13.9. The molecule has 0 spiro atoms. The molecule has 0 saturated carbocycles. The van der Waals surface area contributed by atoms with Gasteiger partial charge in [-0.25, -0.2) is 8.78 Å². The van der Waals surface area contributed by atoms with Gasteiger partial charge in [0.25, 0.3) is 0 Å². The van der Waals surface area contributed by atoms with Gasteiger partial charge >= 0.3 is 0 Å². The van der Waals surface area contributed by atoms with Gasteiger partial charge in [0.2, 0.25) is 0 Å². The minimum Gasteiger partial charge on any atom is -0.367 e. The lowest BCUT2D eigenvalue weighted by Crippen LogP contribution is -2.43. The van der Waals surface area contributed by atoms with E-state index in [0.29, 0.717) is 11.3 Å². The number of piperazine rings is 1. The third-order valence-corrected chi connectivity index (χ3v) is 2.69. The van der Waals surface area contributed by atoms with Crippen molar-refractivity contribution < 1.29 is 8.78 Å². The van der Waals surface area contributed by atoms with E-state index in [2.05, 4.69) is 5.32 Å². The molecular formula is C13H20F2N2. The van der Waals surface area contributed by atoms with Gasteiger partial charge in [-0.2, -0.15) is 0 Å². The highest BCUT2D eigenvalue weighted by Gasteiger charge is 2.16. The van der Waals surface area contributed by atoms with Crippen LogP contribution < -0.4 is 10.2 Å². The summed E-state index contributed by atoms with van der Waals surface area (Å²) in [6.07, 6.45) is 0. The lowest BCUT2D eigenvalue weighted by atomic mass is 10.2. The minimum absolute atomic E-state index is 0.337. The molecule has 2 nitrogen and oxygen atoms in total. The predicted octanol–water partition coefficient (Wildman–Crippen LogP) is 2.71. The third kappa shape index (κ3) is 3.40. The zero-order chi connectivity index (χ0) is 12.8. The molecule has 1 aliphatic rings. The monoisotopic (exact) mass is 242 g/mol. The van der Waals surface area contributed by atoms with Gasteiger partial charge in [-0.3, -0.25) is 0 Å². The second kappa shape index (κ2) is 6.55. The van der Waals surface area contributed by atoms with Crippen molar-refractivity contribution in [2.45, 2.75) is 20.8 Å². The Balaban J connectivity index is 0.000000686. The average Bonchev–Trinajstić information content (AvgIpc) is 2.37. The molecule has 1 N–H and O–H groups in total. The smallest absolute Gasteiger partial charge is 0.146 e. The topological polar surface area (TPSA) is 15.3 Å². The Labute approximate surface area is 102 Å². The summed E-state index contributed by atoms with van der Waals surface area (Å²) >= 11 is 0. The summed E-state index contributed by atoms with van der Waals surface area (Å²) in [6.45, 7) is 8.64. The van der Waals surface area contributed by atoms with Crippen LogP contribution in [0.1, 0.15) is 19.4 Å². The molecule has 0 atom stereocenters. The SMILES string of the molecule is CC.Cc1cc(F)c(N2CCNCC2)cc1F. The van der Waals surface area contributed by atoms with E-state index in [1.54, 1.807) is 6.92 Å². The molecule has 0 bridgehead atoms. The van der Waals surface area contributed by atoms with Crippen LogP contribution in [0.3, 0.4) is 0 Å². The van der Waals surface area contributed by atoms with Gasteiger partial charge in [-0.1, -0.05) is 13.8 Å². The van der Waals surface area contributed by atoms with Gasteiger partial charge in [0, 0.05) is 32.2 Å². The number of aryl methyl sites for hydroxylation is 1. The standard InChI is InChI=1S/C11H14F2N2.C2H6/c1-8-6-10(13)11(7-9(8)12)15-4-2-14-3-5-15;1-2/h6-7,14H,2-5H2,1H3;1-2H3. The van der Waals surface area contributed by atoms with Crippen LogP contribution in [-0.4, -0.2) is 26.2 Å². The summed E-state index contributed by atoms with van der Waals surface area (Å²) in [5, 5.41) is 3.17. The van der Waals surface area contributed by atoms with E-state index in [9.17, 15) is 8.78 Å². The average molecular weight is 242 g/mol. The van der Waals surface area contributed by atoms with Crippen molar-refractivity contribution in [3.05, 3.63) is 29.3 Å². The highest BCUT2D eigenvalue weighted by Crippen LogP contribution is 2.23. The number of rotatable bonds is 1. The molecule has 17 heavy (non-hydrogen) atoms. The molecule has 1 saturated heterocycles. The van der Waals surface area contributed by atoms with Crippen molar-refractivity contribution in [3.63, 3.8) is 0 Å². The van der Waals surface area contributed by atoms with Crippen molar-refractivity contribution in [1.29, 1.82) is 0 Å². The molecule has 2 rings (SSSR count). The number of benzene rings is 1. The molecule has 96 valence electrons. The zero-order valence-electron chi connectivity index (χ0n) is 10.7. The van der Waals surface area contributed by atoms with E-state index in [1.807, 2.05) is 18.7 Å². The Morgan fingerprint density at radius 2 is 1.65 bits per heavy atom. The van der Waals surface area contributed by atoms with Crippen molar-refractivity contribution in [2.75, 3.05) is 31.1 Å². The maximum absolute atomic E-state index is 13.6. The molecule has 0 aromatic heterocycles. The molecule has 4 heteroatoms. The van der Waals surface area contributed by atoms with E-state index in [1.165, 1.54) is 12.1 Å². The summed E-state index contributed by atoms with van der Waals surface area (Å²) in [5.41, 5.74) is 0.728. The third-order valence-electron chi connectivity index (χ3n) is 2.69. The molecule has 1 aliphatic heterocycles. The Kier molecular flexibility index (Phi) is 5.35. The van der Waals surface area contributed by atoms with Gasteiger partial charge in [0.1, 0.15) is 11.6 Å². The van der Waals surface area contributed by atoms with E-state index in [4.69, 9.17) is 0 Å². The van der Waals surface area contributed by atoms with Gasteiger partial charge in [0.15, 0.2) is 0 Å². The van der Waals surface area contributed by atoms with Gasteiger partial charge < -0.3 is 10.2 Å². The fourth-order valence-corrected chi connectivity index (χ4v) is 1.78. The van der Waals surface area contributed by atoms with Crippen molar-refractivity contribution in [3.8, 4) is 0 Å². The molecule has 1 aromatic carbocycles. The van der Waals surface area contributed by atoms with Crippen LogP contribution in [0, 0.1) is 18.6 Å². The van der Waals surface area contributed by atoms with Gasteiger partial charge in [-0.15, -0.1) is 0 Å². The van der Waals surface area contributed by atoms with Gasteiger partial charge in [0.05, 0.1) is 5.69 Å². The first-order valence-electron chi connectivity index (χ1n) is 6.10. The second-order valence-corrected chi connectivity index (χ2v) is 3.79. The Morgan fingerprint density at radius 1 is 1.06 bits per heavy atom. The van der Waals surface area contributed by atoms with Crippen LogP contribution in [0.5, 0.6) is 0 Å². The quantitative estimate of drug-likeness (QED) is 0.814. The predicted molar refractivity (Wildman–Crippen MR) is 67.5 cm³/mol. The Morgan fingerprint density at radius 3 is 2.24 bits per heavy atom. The van der Waals surface area contributed by atoms with E-state index >= 15 is 0 Å². The second-order valence-electron chi connectivity index (χ2n) is 3.79. The zero-order valence-corrected chi connectivity index (χ0v) is 10.7. The summed E-state index contributed by atoms with van der Waals surface area (Å²) < 4.78 is 26.9. The number of anilines is 1. The first-order valence-corrected chi connectivity index (χ1v) is 6.10. The molecule has 0 amide bonds. The maximum atomic E-state index is 13.6. The Hall–Kier alpha value is -1.16. The normalized spacial score (nSPS) is 15.2. The van der Waals surface area contributed by atoms with Crippen molar-refractivity contribution in [2.24, 2.45) is 0 Å². The number of nitrogens with one attached hydrogen (secondary N) is 1. The van der Waals surface area contributed by atoms with Crippen LogP contribution in [0.25, 0.3) is 0 Å². The van der Waals surface area contributed by atoms with Crippen molar-refractivity contribution >= 4 is 5.69 Å². The van der Waals surface area contributed by atoms with Crippen molar-refractivity contribution in [1.82, 2.24) is 5.32 Å². The Bertz CT molecular complexity index is 361. The first-order chi connectivity index (χ1) is 8.18. The van der Waals surface area contributed by atoms with E-state index in [-0.39, 0.29) is 11.6 Å². The van der Waals surface area contributed by atoms with E-state index in [0.717, 1.165) is 26.2 Å². The van der Waals surface area contributed by atoms with Crippen LogP contribution in [0.4, 0.5) is 14.5 Å². The molecule has 1 aromatic rings. The van der Waals surface area contributed by atoms with Crippen LogP contribution in [0.2, 0.25) is 0 Å². The highest BCUT2D eigenvalue weighted by molar-refractivity contribution is 5.50. The summed E-state index contributed by atoms with van der Waals surface area (Å²) in [5.74, 6) is -0.680. The van der Waals surface area contributed by atoms with Gasteiger partial charge in [-0.05, 0) is 18.6 Å². The fourth-order valence-electron chi connectivity index (χ4n) is 1.78. The summed E-state index contributed by atoms with van der Waals surface area (Å²) in [7, 11) is 0. The minimum atomic E-state index is -0.343. The summed E-state index contributed by atoms with van der Waals surface area (Å²) in [4.78, 5) is 1.87. The fraction of sp³-hybridized carbons (Fsp3) is 0.538. The van der Waals surface area contributed by atoms with Crippen LogP contribution in [-0.2, 0) is 0 Å². The molecular weight excluding hydrogens is 222 g/mol. The largest absolute Gasteiger partial charge is 0.367 e. The number of hydrogen-bond donors (Lipinski definition) is 1. The lowest BCUT2D eigenvalue weighted by Gasteiger charge is -2.29. The molecule has 0 radical (unpaired) electrons. The van der Waals surface area contributed by atoms with Crippen LogP contribution >= 0.6 is 0 Å². The molecule has 0 aliphatic carbocycles. The molecule has 0 unspecified atom stereocenters. The number of nitrogens with zero attached hydrogens (tertiary/aromatic N) is 1. The molecule has 1 heterocycles. The molecule has 1 fully saturated rings. The van der Waals surface area contributed by atoms with Crippen LogP contribution in [0.15, 0.2) is 12.1 Å². The number of halogens is 2. The maximum Gasteiger partial charge on any atom is 0.146 e. The lowest BCUT2D eigenvalue weighted by molar-refractivity contribution is 0.555. The number of hydrogen-bond acceptors (Lipinski definition) is 2.